The highest BCUT2D eigenvalue weighted by Gasteiger charge is 2.11. The standard InChI is InChI=1S/C11H8N6O2/c12-6-8(4-7-2-1-3-9(18)5-7)10(19)13-11-14-16-17-15-11/h1-5,18H,(H2,13,14,15,16,17,19)/b8-4+. The van der Waals surface area contributed by atoms with E-state index in [0.717, 1.165) is 0 Å². The molecule has 94 valence electrons. The van der Waals surface area contributed by atoms with Crippen LogP contribution in [0.15, 0.2) is 29.8 Å². The molecule has 3 N–H and O–H groups in total. The van der Waals surface area contributed by atoms with Gasteiger partial charge in [-0.25, -0.2) is 0 Å². The highest BCUT2D eigenvalue weighted by atomic mass is 16.3. The van der Waals surface area contributed by atoms with E-state index in [1.54, 1.807) is 18.2 Å². The van der Waals surface area contributed by atoms with Crippen LogP contribution in [-0.2, 0) is 4.79 Å². The largest absolute Gasteiger partial charge is 0.508 e. The van der Waals surface area contributed by atoms with Gasteiger partial charge in [-0.2, -0.15) is 10.5 Å². The number of nitrogens with one attached hydrogen (secondary N) is 2. The van der Waals surface area contributed by atoms with Crippen molar-refractivity contribution in [2.45, 2.75) is 0 Å². The van der Waals surface area contributed by atoms with E-state index in [2.05, 4.69) is 25.9 Å². The number of carbonyl (C=O) groups is 1. The minimum absolute atomic E-state index is 0.0259. The van der Waals surface area contributed by atoms with Gasteiger partial charge in [0.1, 0.15) is 17.4 Å². The Labute approximate surface area is 107 Å². The van der Waals surface area contributed by atoms with Gasteiger partial charge in [-0.3, -0.25) is 10.1 Å². The predicted molar refractivity (Wildman–Crippen MR) is 64.5 cm³/mol. The second kappa shape index (κ2) is 5.42. The first-order valence-corrected chi connectivity index (χ1v) is 5.14. The van der Waals surface area contributed by atoms with Crippen molar-refractivity contribution in [2.75, 3.05) is 5.32 Å². The first kappa shape index (κ1) is 12.3. The Morgan fingerprint density at radius 2 is 2.37 bits per heavy atom. The number of nitriles is 1. The van der Waals surface area contributed by atoms with Crippen molar-refractivity contribution in [3.63, 3.8) is 0 Å². The lowest BCUT2D eigenvalue weighted by molar-refractivity contribution is -0.112. The van der Waals surface area contributed by atoms with Crippen LogP contribution in [-0.4, -0.2) is 31.6 Å². The third kappa shape index (κ3) is 3.13. The molecule has 0 saturated heterocycles. The van der Waals surface area contributed by atoms with Crippen LogP contribution in [0, 0.1) is 11.3 Å². The number of amides is 1. The number of aromatic nitrogens is 4. The SMILES string of the molecule is N#C/C(=C\c1cccc(O)c1)C(=O)Nc1nn[nH]n1. The summed E-state index contributed by atoms with van der Waals surface area (Å²) in [6.07, 6.45) is 1.34. The molecule has 8 heteroatoms. The smallest absolute Gasteiger partial charge is 0.270 e. The highest BCUT2D eigenvalue weighted by Crippen LogP contribution is 2.14. The van der Waals surface area contributed by atoms with Gasteiger partial charge in [-0.05, 0) is 29.0 Å². The lowest BCUT2D eigenvalue weighted by Crippen LogP contribution is -2.14. The summed E-state index contributed by atoms with van der Waals surface area (Å²) >= 11 is 0. The number of H-pyrrole nitrogens is 1. The monoisotopic (exact) mass is 256 g/mol. The number of phenols is 1. The summed E-state index contributed by atoms with van der Waals surface area (Å²) in [5.74, 6) is -0.640. The van der Waals surface area contributed by atoms with Gasteiger partial charge in [-0.1, -0.05) is 17.2 Å². The summed E-state index contributed by atoms with van der Waals surface area (Å²) < 4.78 is 0. The fourth-order valence-electron chi connectivity index (χ4n) is 1.31. The predicted octanol–water partition coefficient (Wildman–Crippen LogP) is 0.451. The van der Waals surface area contributed by atoms with Crippen molar-refractivity contribution in [1.29, 1.82) is 5.26 Å². The Morgan fingerprint density at radius 1 is 1.53 bits per heavy atom. The highest BCUT2D eigenvalue weighted by molar-refractivity contribution is 6.08. The molecule has 1 amide bonds. The zero-order chi connectivity index (χ0) is 13.7. The molecule has 0 aliphatic carbocycles. The Bertz CT molecular complexity index is 656. The summed E-state index contributed by atoms with van der Waals surface area (Å²) in [5.41, 5.74) is 0.384. The molecule has 1 aromatic carbocycles. The Morgan fingerprint density at radius 3 is 3.00 bits per heavy atom. The molecule has 0 aliphatic heterocycles. The third-order valence-electron chi connectivity index (χ3n) is 2.12. The van der Waals surface area contributed by atoms with E-state index in [1.807, 2.05) is 0 Å². The minimum Gasteiger partial charge on any atom is -0.508 e. The zero-order valence-corrected chi connectivity index (χ0v) is 9.53. The average Bonchev–Trinajstić information content (AvgIpc) is 2.88. The molecule has 1 heterocycles. The number of hydrogen-bond acceptors (Lipinski definition) is 6. The fourth-order valence-corrected chi connectivity index (χ4v) is 1.31. The fraction of sp³-hybridized carbons (Fsp3) is 0. The van der Waals surface area contributed by atoms with Crippen LogP contribution in [0.5, 0.6) is 5.75 Å². The summed E-state index contributed by atoms with van der Waals surface area (Å²) in [6, 6.07) is 7.94. The summed E-state index contributed by atoms with van der Waals surface area (Å²) in [6.45, 7) is 0. The van der Waals surface area contributed by atoms with E-state index in [9.17, 15) is 9.90 Å². The van der Waals surface area contributed by atoms with Gasteiger partial charge >= 0.3 is 0 Å². The Hall–Kier alpha value is -3.21. The minimum atomic E-state index is -0.660. The van der Waals surface area contributed by atoms with Gasteiger partial charge in [-0.15, -0.1) is 5.10 Å². The Balaban J connectivity index is 2.20. The van der Waals surface area contributed by atoms with Crippen LogP contribution < -0.4 is 5.32 Å². The number of rotatable bonds is 3. The molecule has 0 bridgehead atoms. The van der Waals surface area contributed by atoms with Crippen LogP contribution in [0.25, 0.3) is 6.08 Å². The van der Waals surface area contributed by atoms with Crippen LogP contribution in [0.4, 0.5) is 5.95 Å². The van der Waals surface area contributed by atoms with Crippen molar-refractivity contribution in [2.24, 2.45) is 0 Å². The number of aromatic hydroxyl groups is 1. The van der Waals surface area contributed by atoms with Gasteiger partial charge in [0.15, 0.2) is 0 Å². The number of aromatic amines is 1. The summed E-state index contributed by atoms with van der Waals surface area (Å²) in [5, 5.41) is 33.1. The van der Waals surface area contributed by atoms with Crippen LogP contribution >= 0.6 is 0 Å². The van der Waals surface area contributed by atoms with E-state index >= 15 is 0 Å². The number of carbonyl (C=O) groups excluding carboxylic acids is 1. The van der Waals surface area contributed by atoms with E-state index < -0.39 is 5.91 Å². The van der Waals surface area contributed by atoms with E-state index in [0.29, 0.717) is 5.56 Å². The van der Waals surface area contributed by atoms with Crippen LogP contribution in [0.2, 0.25) is 0 Å². The third-order valence-corrected chi connectivity index (χ3v) is 2.12. The van der Waals surface area contributed by atoms with Gasteiger partial charge in [0.2, 0.25) is 0 Å². The summed E-state index contributed by atoms with van der Waals surface area (Å²) in [7, 11) is 0. The molecule has 8 nitrogen and oxygen atoms in total. The lowest BCUT2D eigenvalue weighted by atomic mass is 10.1. The number of phenolic OH excluding ortho intramolecular Hbond substituents is 1. The Kier molecular flexibility index (Phi) is 3.49. The summed E-state index contributed by atoms with van der Waals surface area (Å²) in [4.78, 5) is 11.7. The number of hydrogen-bond donors (Lipinski definition) is 3. The second-order valence-electron chi connectivity index (χ2n) is 3.45. The van der Waals surface area contributed by atoms with Gasteiger partial charge in [0.05, 0.1) is 0 Å². The zero-order valence-electron chi connectivity index (χ0n) is 9.53. The van der Waals surface area contributed by atoms with Gasteiger partial charge < -0.3 is 5.11 Å². The molecular weight excluding hydrogens is 248 g/mol. The molecular formula is C11H8N6O2. The van der Waals surface area contributed by atoms with Crippen molar-refractivity contribution >= 4 is 17.9 Å². The van der Waals surface area contributed by atoms with E-state index in [-0.39, 0.29) is 17.3 Å². The molecule has 0 unspecified atom stereocenters. The maximum Gasteiger partial charge on any atom is 0.270 e. The molecule has 2 aromatic rings. The van der Waals surface area contributed by atoms with Crippen molar-refractivity contribution < 1.29 is 9.90 Å². The van der Waals surface area contributed by atoms with Crippen molar-refractivity contribution in [3.8, 4) is 11.8 Å². The van der Waals surface area contributed by atoms with Crippen molar-refractivity contribution in [1.82, 2.24) is 20.6 Å². The molecule has 19 heavy (non-hydrogen) atoms. The van der Waals surface area contributed by atoms with Crippen LogP contribution in [0.1, 0.15) is 5.56 Å². The molecule has 1 aromatic heterocycles. The first-order chi connectivity index (χ1) is 9.19. The van der Waals surface area contributed by atoms with E-state index in [1.165, 1.54) is 18.2 Å². The normalized spacial score (nSPS) is 10.8. The lowest BCUT2D eigenvalue weighted by Gasteiger charge is -1.99. The maximum absolute atomic E-state index is 11.7. The maximum atomic E-state index is 11.7. The second-order valence-corrected chi connectivity index (χ2v) is 3.45. The molecule has 2 rings (SSSR count). The molecule has 0 saturated carbocycles. The van der Waals surface area contributed by atoms with Gasteiger partial charge in [0.25, 0.3) is 11.9 Å². The molecule has 0 radical (unpaired) electrons. The molecule has 0 atom stereocenters. The van der Waals surface area contributed by atoms with Crippen molar-refractivity contribution in [3.05, 3.63) is 35.4 Å². The molecule has 0 fully saturated rings. The molecule has 0 spiro atoms. The number of tetrazole rings is 1. The average molecular weight is 256 g/mol. The number of nitrogens with zero attached hydrogens (tertiary/aromatic N) is 4. The van der Waals surface area contributed by atoms with Crippen LogP contribution in [0.3, 0.4) is 0 Å². The van der Waals surface area contributed by atoms with Gasteiger partial charge in [0, 0.05) is 0 Å². The number of anilines is 1. The quantitative estimate of drug-likeness (QED) is 0.540. The topological polar surface area (TPSA) is 128 Å². The van der Waals surface area contributed by atoms with E-state index in [4.69, 9.17) is 5.26 Å². The molecule has 0 aliphatic rings. The number of benzene rings is 1. The first-order valence-electron chi connectivity index (χ1n) is 5.14.